The van der Waals surface area contributed by atoms with E-state index in [0.29, 0.717) is 16.9 Å². The van der Waals surface area contributed by atoms with Crippen LogP contribution < -0.4 is 11.1 Å². The van der Waals surface area contributed by atoms with Crippen LogP contribution in [0.25, 0.3) is 0 Å². The Balaban J connectivity index is 2.20. The Morgan fingerprint density at radius 3 is 2.88 bits per heavy atom. The van der Waals surface area contributed by atoms with Gasteiger partial charge in [-0.3, -0.25) is 4.79 Å². The third kappa shape index (κ3) is 2.23. The first-order chi connectivity index (χ1) is 8.20. The first-order valence-corrected chi connectivity index (χ1v) is 4.72. The third-order valence-electron chi connectivity index (χ3n) is 2.10. The highest BCUT2D eigenvalue weighted by atomic mass is 16.5. The van der Waals surface area contributed by atoms with E-state index in [1.54, 1.807) is 12.1 Å². The second kappa shape index (κ2) is 4.37. The maximum Gasteiger partial charge on any atom is 0.277 e. The van der Waals surface area contributed by atoms with Crippen LogP contribution in [0.1, 0.15) is 16.1 Å². The number of anilines is 2. The SMILES string of the molecule is N#Cc1ccc(NC(=O)c2ccon2)c(N)c1. The fraction of sp³-hybridized carbons (Fsp3) is 0. The highest BCUT2D eigenvalue weighted by Crippen LogP contribution is 2.20. The number of rotatable bonds is 2. The lowest BCUT2D eigenvalue weighted by Gasteiger charge is -2.06. The van der Waals surface area contributed by atoms with E-state index < -0.39 is 5.91 Å². The molecule has 2 rings (SSSR count). The quantitative estimate of drug-likeness (QED) is 0.755. The average Bonchev–Trinajstić information content (AvgIpc) is 2.85. The number of hydrogen-bond acceptors (Lipinski definition) is 5. The number of nitriles is 1. The molecule has 6 nitrogen and oxygen atoms in total. The van der Waals surface area contributed by atoms with Gasteiger partial charge in [0.1, 0.15) is 6.26 Å². The molecule has 1 aromatic heterocycles. The molecular formula is C11H8N4O2. The molecular weight excluding hydrogens is 220 g/mol. The van der Waals surface area contributed by atoms with E-state index in [-0.39, 0.29) is 5.69 Å². The number of amides is 1. The zero-order valence-corrected chi connectivity index (χ0v) is 8.68. The number of nitrogens with zero attached hydrogens (tertiary/aromatic N) is 2. The van der Waals surface area contributed by atoms with Crippen LogP contribution in [-0.4, -0.2) is 11.1 Å². The van der Waals surface area contributed by atoms with Crippen LogP contribution >= 0.6 is 0 Å². The molecule has 2 aromatic rings. The Kier molecular flexibility index (Phi) is 2.75. The number of hydrogen-bond donors (Lipinski definition) is 2. The van der Waals surface area contributed by atoms with Crippen LogP contribution in [0.4, 0.5) is 11.4 Å². The highest BCUT2D eigenvalue weighted by molar-refractivity contribution is 6.04. The van der Waals surface area contributed by atoms with Crippen LogP contribution in [0, 0.1) is 11.3 Å². The van der Waals surface area contributed by atoms with Crippen molar-refractivity contribution in [2.45, 2.75) is 0 Å². The van der Waals surface area contributed by atoms with Gasteiger partial charge in [-0.05, 0) is 18.2 Å². The molecule has 0 radical (unpaired) electrons. The number of nitrogens with two attached hydrogens (primary N) is 1. The van der Waals surface area contributed by atoms with Gasteiger partial charge in [-0.1, -0.05) is 5.16 Å². The molecule has 6 heteroatoms. The number of nitrogens with one attached hydrogen (secondary N) is 1. The topological polar surface area (TPSA) is 105 Å². The zero-order chi connectivity index (χ0) is 12.3. The molecule has 0 spiro atoms. The standard InChI is InChI=1S/C11H8N4O2/c12-6-7-1-2-9(8(13)5-7)14-11(16)10-3-4-17-15-10/h1-5H,13H2,(H,14,16). The number of carbonyl (C=O) groups is 1. The summed E-state index contributed by atoms with van der Waals surface area (Å²) in [6.45, 7) is 0. The minimum absolute atomic E-state index is 0.161. The van der Waals surface area contributed by atoms with E-state index in [2.05, 4.69) is 15.0 Å². The third-order valence-corrected chi connectivity index (χ3v) is 2.10. The normalized spacial score (nSPS) is 9.59. The van der Waals surface area contributed by atoms with Gasteiger partial charge in [0, 0.05) is 6.07 Å². The molecule has 84 valence electrons. The van der Waals surface area contributed by atoms with E-state index in [4.69, 9.17) is 11.0 Å². The van der Waals surface area contributed by atoms with Crippen LogP contribution in [0.15, 0.2) is 35.1 Å². The van der Waals surface area contributed by atoms with Crippen molar-refractivity contribution in [1.82, 2.24) is 5.16 Å². The number of nitrogen functional groups attached to an aromatic ring is 1. The van der Waals surface area contributed by atoms with Gasteiger partial charge in [-0.15, -0.1) is 0 Å². The monoisotopic (exact) mass is 228 g/mol. The van der Waals surface area contributed by atoms with E-state index in [1.165, 1.54) is 18.4 Å². The van der Waals surface area contributed by atoms with Crippen molar-refractivity contribution in [1.29, 1.82) is 5.26 Å². The van der Waals surface area contributed by atoms with Gasteiger partial charge in [0.15, 0.2) is 5.69 Å². The van der Waals surface area contributed by atoms with Crippen LogP contribution in [-0.2, 0) is 0 Å². The molecule has 0 fully saturated rings. The molecule has 1 amide bonds. The van der Waals surface area contributed by atoms with Gasteiger partial charge < -0.3 is 15.6 Å². The first kappa shape index (κ1) is 10.7. The Morgan fingerprint density at radius 2 is 2.29 bits per heavy atom. The maximum atomic E-state index is 11.6. The molecule has 17 heavy (non-hydrogen) atoms. The summed E-state index contributed by atoms with van der Waals surface area (Å²) in [5, 5.41) is 14.7. The average molecular weight is 228 g/mol. The molecule has 0 unspecified atom stereocenters. The molecule has 0 aliphatic carbocycles. The summed E-state index contributed by atoms with van der Waals surface area (Å²) in [6.07, 6.45) is 1.30. The van der Waals surface area contributed by atoms with Crippen molar-refractivity contribution < 1.29 is 9.32 Å². The van der Waals surface area contributed by atoms with E-state index in [0.717, 1.165) is 0 Å². The number of benzene rings is 1. The van der Waals surface area contributed by atoms with Crippen molar-refractivity contribution >= 4 is 17.3 Å². The molecule has 0 aliphatic heterocycles. The minimum Gasteiger partial charge on any atom is -0.397 e. The van der Waals surface area contributed by atoms with Crippen molar-refractivity contribution in [3.05, 3.63) is 41.8 Å². The largest absolute Gasteiger partial charge is 0.397 e. The van der Waals surface area contributed by atoms with Gasteiger partial charge in [0.05, 0.1) is 23.0 Å². The van der Waals surface area contributed by atoms with Crippen LogP contribution in [0.5, 0.6) is 0 Å². The van der Waals surface area contributed by atoms with Crippen molar-refractivity contribution in [3.63, 3.8) is 0 Å². The van der Waals surface area contributed by atoms with E-state index >= 15 is 0 Å². The van der Waals surface area contributed by atoms with Gasteiger partial charge in [-0.25, -0.2) is 0 Å². The number of aromatic nitrogens is 1. The summed E-state index contributed by atoms with van der Waals surface area (Å²) in [6, 6.07) is 8.01. The molecule has 0 aliphatic rings. The fourth-order valence-electron chi connectivity index (χ4n) is 1.26. The van der Waals surface area contributed by atoms with Crippen molar-refractivity contribution in [3.8, 4) is 6.07 Å². The highest BCUT2D eigenvalue weighted by Gasteiger charge is 2.10. The second-order valence-corrected chi connectivity index (χ2v) is 3.25. The van der Waals surface area contributed by atoms with E-state index in [9.17, 15) is 4.79 Å². The summed E-state index contributed by atoms with van der Waals surface area (Å²) in [5.41, 5.74) is 7.03. The molecule has 0 atom stereocenters. The Morgan fingerprint density at radius 1 is 1.47 bits per heavy atom. The number of carbonyl (C=O) groups excluding carboxylic acids is 1. The molecule has 1 aromatic carbocycles. The smallest absolute Gasteiger partial charge is 0.277 e. The zero-order valence-electron chi connectivity index (χ0n) is 8.68. The lowest BCUT2D eigenvalue weighted by Crippen LogP contribution is -2.13. The summed E-state index contributed by atoms with van der Waals surface area (Å²) in [7, 11) is 0. The van der Waals surface area contributed by atoms with Crippen molar-refractivity contribution in [2.75, 3.05) is 11.1 Å². The van der Waals surface area contributed by atoms with Gasteiger partial charge >= 0.3 is 0 Å². The molecule has 0 bridgehead atoms. The van der Waals surface area contributed by atoms with Gasteiger partial charge in [0.25, 0.3) is 5.91 Å². The Hall–Kier alpha value is -2.81. The van der Waals surface area contributed by atoms with E-state index in [1.807, 2.05) is 6.07 Å². The van der Waals surface area contributed by atoms with Crippen LogP contribution in [0.3, 0.4) is 0 Å². The first-order valence-electron chi connectivity index (χ1n) is 4.72. The van der Waals surface area contributed by atoms with Gasteiger partial charge in [-0.2, -0.15) is 5.26 Å². The Bertz CT molecular complexity index is 584. The summed E-state index contributed by atoms with van der Waals surface area (Å²) >= 11 is 0. The molecule has 1 heterocycles. The van der Waals surface area contributed by atoms with Gasteiger partial charge in [0.2, 0.25) is 0 Å². The molecule has 3 N–H and O–H groups in total. The summed E-state index contributed by atoms with van der Waals surface area (Å²) < 4.78 is 4.55. The molecule has 0 saturated carbocycles. The molecule has 0 saturated heterocycles. The Labute approximate surface area is 96.6 Å². The van der Waals surface area contributed by atoms with Crippen LogP contribution in [0.2, 0.25) is 0 Å². The fourth-order valence-corrected chi connectivity index (χ4v) is 1.26. The second-order valence-electron chi connectivity index (χ2n) is 3.25. The lowest BCUT2D eigenvalue weighted by atomic mass is 10.2. The summed E-state index contributed by atoms with van der Waals surface area (Å²) in [4.78, 5) is 11.6. The maximum absolute atomic E-state index is 11.6. The van der Waals surface area contributed by atoms with Crippen molar-refractivity contribution in [2.24, 2.45) is 0 Å². The minimum atomic E-state index is -0.421. The summed E-state index contributed by atoms with van der Waals surface area (Å²) in [5.74, 6) is -0.421. The lowest BCUT2D eigenvalue weighted by molar-refractivity contribution is 0.101. The predicted molar refractivity (Wildman–Crippen MR) is 60.0 cm³/mol. The predicted octanol–water partition coefficient (Wildman–Crippen LogP) is 1.38.